The Kier molecular flexibility index (Phi) is 5.26. The van der Waals surface area contributed by atoms with E-state index >= 15 is 0 Å². The van der Waals surface area contributed by atoms with Gasteiger partial charge in [-0.3, -0.25) is 4.90 Å². The fourth-order valence-corrected chi connectivity index (χ4v) is 5.00. The van der Waals surface area contributed by atoms with Gasteiger partial charge in [-0.2, -0.15) is 0 Å². The smallest absolute Gasteiger partial charge is 0.151 e. The number of hydrogen-bond donors (Lipinski definition) is 1. The molecule has 2 aliphatic heterocycles. The van der Waals surface area contributed by atoms with Crippen LogP contribution in [-0.4, -0.2) is 57.0 Å². The third kappa shape index (κ3) is 4.72. The van der Waals surface area contributed by atoms with E-state index in [4.69, 9.17) is 0 Å². The van der Waals surface area contributed by atoms with Crippen LogP contribution in [-0.2, 0) is 9.84 Å². The lowest BCUT2D eigenvalue weighted by molar-refractivity contribution is 0.132. The van der Waals surface area contributed by atoms with E-state index in [2.05, 4.69) is 24.1 Å². The molecule has 1 N–H and O–H groups in total. The van der Waals surface area contributed by atoms with E-state index in [0.29, 0.717) is 23.3 Å². The molecule has 0 spiro atoms. The Labute approximate surface area is 117 Å². The van der Waals surface area contributed by atoms with Crippen LogP contribution in [0, 0.1) is 11.8 Å². The molecule has 2 fully saturated rings. The Hall–Kier alpha value is -0.130. The third-order valence-electron chi connectivity index (χ3n) is 4.26. The van der Waals surface area contributed by atoms with Crippen molar-refractivity contribution < 1.29 is 8.42 Å². The molecule has 5 heteroatoms. The summed E-state index contributed by atoms with van der Waals surface area (Å²) in [5.74, 6) is 2.17. The van der Waals surface area contributed by atoms with Crippen LogP contribution in [0.15, 0.2) is 0 Å². The van der Waals surface area contributed by atoms with Crippen molar-refractivity contribution in [3.63, 3.8) is 0 Å². The quantitative estimate of drug-likeness (QED) is 0.824. The Morgan fingerprint density at radius 3 is 2.74 bits per heavy atom. The van der Waals surface area contributed by atoms with Gasteiger partial charge in [-0.1, -0.05) is 13.8 Å². The van der Waals surface area contributed by atoms with Crippen LogP contribution in [0.2, 0.25) is 0 Å². The fourth-order valence-electron chi connectivity index (χ4n) is 3.24. The third-order valence-corrected chi connectivity index (χ3v) is 6.01. The highest BCUT2D eigenvalue weighted by Crippen LogP contribution is 2.24. The lowest BCUT2D eigenvalue weighted by Crippen LogP contribution is -2.45. The zero-order valence-electron chi connectivity index (χ0n) is 12.3. The van der Waals surface area contributed by atoms with Gasteiger partial charge in [-0.15, -0.1) is 0 Å². The van der Waals surface area contributed by atoms with E-state index in [1.807, 2.05) is 0 Å². The van der Waals surface area contributed by atoms with Gasteiger partial charge in [0.15, 0.2) is 9.84 Å². The summed E-state index contributed by atoms with van der Waals surface area (Å²) < 4.78 is 23.1. The minimum Gasteiger partial charge on any atom is -0.316 e. The molecule has 112 valence electrons. The molecule has 0 bridgehead atoms. The lowest BCUT2D eigenvalue weighted by Gasteiger charge is -2.36. The van der Waals surface area contributed by atoms with Crippen molar-refractivity contribution >= 4 is 9.84 Å². The number of hydrogen-bond acceptors (Lipinski definition) is 4. The summed E-state index contributed by atoms with van der Waals surface area (Å²) >= 11 is 0. The summed E-state index contributed by atoms with van der Waals surface area (Å²) in [4.78, 5) is 2.43. The van der Waals surface area contributed by atoms with Gasteiger partial charge in [0.25, 0.3) is 0 Å². The van der Waals surface area contributed by atoms with Crippen molar-refractivity contribution in [2.75, 3.05) is 37.7 Å². The Balaban J connectivity index is 1.77. The molecule has 0 aromatic heterocycles. The van der Waals surface area contributed by atoms with Gasteiger partial charge in [0.05, 0.1) is 11.5 Å². The first-order valence-corrected chi connectivity index (χ1v) is 9.43. The van der Waals surface area contributed by atoms with E-state index in [1.54, 1.807) is 0 Å². The Morgan fingerprint density at radius 1 is 1.32 bits per heavy atom. The minimum atomic E-state index is -2.75. The SMILES string of the molecule is CC(C)CNCC1CCCN(C2CCS(=O)(=O)C2)C1. The molecule has 4 nitrogen and oxygen atoms in total. The van der Waals surface area contributed by atoms with E-state index in [1.165, 1.54) is 12.8 Å². The summed E-state index contributed by atoms with van der Waals surface area (Å²) in [6.45, 7) is 8.77. The normalized spacial score (nSPS) is 31.9. The predicted molar refractivity (Wildman–Crippen MR) is 79.1 cm³/mol. The molecule has 2 unspecified atom stereocenters. The summed E-state index contributed by atoms with van der Waals surface area (Å²) in [6.07, 6.45) is 3.33. The maximum absolute atomic E-state index is 11.6. The first-order chi connectivity index (χ1) is 8.96. The van der Waals surface area contributed by atoms with Crippen molar-refractivity contribution in [1.29, 1.82) is 0 Å². The van der Waals surface area contributed by atoms with Gasteiger partial charge in [0.1, 0.15) is 0 Å². The molecule has 0 aromatic carbocycles. The van der Waals surface area contributed by atoms with Gasteiger partial charge >= 0.3 is 0 Å². The van der Waals surface area contributed by atoms with Crippen molar-refractivity contribution in [3.8, 4) is 0 Å². The highest BCUT2D eigenvalue weighted by Gasteiger charge is 2.34. The van der Waals surface area contributed by atoms with Crippen LogP contribution in [0.5, 0.6) is 0 Å². The van der Waals surface area contributed by atoms with Crippen LogP contribution >= 0.6 is 0 Å². The van der Waals surface area contributed by atoms with Crippen LogP contribution in [0.1, 0.15) is 33.1 Å². The second-order valence-corrected chi connectivity index (χ2v) is 8.84. The summed E-state index contributed by atoms with van der Waals surface area (Å²) in [6, 6.07) is 0.290. The minimum absolute atomic E-state index is 0.290. The van der Waals surface area contributed by atoms with Crippen molar-refractivity contribution in [2.45, 2.75) is 39.2 Å². The molecule has 0 aromatic rings. The summed E-state index contributed by atoms with van der Waals surface area (Å²) in [5.41, 5.74) is 0. The number of sulfone groups is 1. The second kappa shape index (κ2) is 6.55. The predicted octanol–water partition coefficient (Wildman–Crippen LogP) is 1.13. The first-order valence-electron chi connectivity index (χ1n) is 7.61. The van der Waals surface area contributed by atoms with Crippen LogP contribution in [0.4, 0.5) is 0 Å². The van der Waals surface area contributed by atoms with Crippen LogP contribution in [0.25, 0.3) is 0 Å². The molecule has 0 aliphatic carbocycles. The van der Waals surface area contributed by atoms with Gasteiger partial charge in [0.2, 0.25) is 0 Å². The number of nitrogens with zero attached hydrogens (tertiary/aromatic N) is 1. The molecule has 2 heterocycles. The van der Waals surface area contributed by atoms with E-state index in [-0.39, 0.29) is 6.04 Å². The molecule has 0 saturated carbocycles. The molecule has 2 rings (SSSR count). The molecular weight excluding hydrogens is 260 g/mol. The average molecular weight is 288 g/mol. The number of rotatable bonds is 5. The maximum atomic E-state index is 11.6. The van der Waals surface area contributed by atoms with Gasteiger partial charge in [0, 0.05) is 12.6 Å². The first kappa shape index (κ1) is 15.3. The van der Waals surface area contributed by atoms with E-state index in [9.17, 15) is 8.42 Å². The topological polar surface area (TPSA) is 49.4 Å². The number of nitrogens with one attached hydrogen (secondary N) is 1. The van der Waals surface area contributed by atoms with Gasteiger partial charge < -0.3 is 5.32 Å². The molecule has 2 atom stereocenters. The van der Waals surface area contributed by atoms with Crippen molar-refractivity contribution in [1.82, 2.24) is 10.2 Å². The maximum Gasteiger partial charge on any atom is 0.151 e. The summed E-state index contributed by atoms with van der Waals surface area (Å²) in [5, 5.41) is 3.54. The standard InChI is InChI=1S/C14H28N2O2S/c1-12(2)8-15-9-13-4-3-6-16(10-13)14-5-7-19(17,18)11-14/h12-15H,3-11H2,1-2H3. The second-order valence-electron chi connectivity index (χ2n) is 6.61. The largest absolute Gasteiger partial charge is 0.316 e. The zero-order chi connectivity index (χ0) is 13.9. The van der Waals surface area contributed by atoms with E-state index < -0.39 is 9.84 Å². The lowest BCUT2D eigenvalue weighted by atomic mass is 9.96. The van der Waals surface area contributed by atoms with Crippen LogP contribution in [0.3, 0.4) is 0 Å². The molecule has 2 saturated heterocycles. The fraction of sp³-hybridized carbons (Fsp3) is 1.00. The number of likely N-dealkylation sites (tertiary alicyclic amines) is 1. The number of piperidine rings is 1. The van der Waals surface area contributed by atoms with Gasteiger partial charge in [-0.05, 0) is 50.7 Å². The summed E-state index contributed by atoms with van der Waals surface area (Å²) in [7, 11) is -2.75. The Morgan fingerprint density at radius 2 is 2.11 bits per heavy atom. The molecule has 0 amide bonds. The highest BCUT2D eigenvalue weighted by molar-refractivity contribution is 7.91. The molecule has 2 aliphatic rings. The van der Waals surface area contributed by atoms with Crippen LogP contribution < -0.4 is 5.32 Å². The van der Waals surface area contributed by atoms with Crippen molar-refractivity contribution in [3.05, 3.63) is 0 Å². The average Bonchev–Trinajstić information content (AvgIpc) is 2.70. The van der Waals surface area contributed by atoms with E-state index in [0.717, 1.165) is 32.6 Å². The zero-order valence-corrected chi connectivity index (χ0v) is 13.1. The van der Waals surface area contributed by atoms with Crippen molar-refractivity contribution in [2.24, 2.45) is 11.8 Å². The Bertz CT molecular complexity index is 381. The molecule has 0 radical (unpaired) electrons. The molecular formula is C14H28N2O2S. The van der Waals surface area contributed by atoms with Gasteiger partial charge in [-0.25, -0.2) is 8.42 Å². The molecule has 19 heavy (non-hydrogen) atoms. The highest BCUT2D eigenvalue weighted by atomic mass is 32.2. The monoisotopic (exact) mass is 288 g/mol.